The molecule has 2 aliphatic rings. The Balaban J connectivity index is 2.26. The Morgan fingerprint density at radius 1 is 1.12 bits per heavy atom. The Kier molecular flexibility index (Phi) is 3.95. The van der Waals surface area contributed by atoms with Gasteiger partial charge in [0.05, 0.1) is 20.1 Å². The number of hydrogen-bond acceptors (Lipinski definition) is 5. The van der Waals surface area contributed by atoms with Crippen molar-refractivity contribution < 1.29 is 23.6 Å². The molecule has 5 nitrogen and oxygen atoms in total. The van der Waals surface area contributed by atoms with E-state index < -0.39 is 36.1 Å². The number of carbonyl (C=O) groups excluding carboxylic acids is 2. The Morgan fingerprint density at radius 2 is 1.71 bits per heavy atom. The van der Waals surface area contributed by atoms with Crippen LogP contribution in [0.25, 0.3) is 5.31 Å². The highest BCUT2D eigenvalue weighted by Gasteiger charge is 2.70. The SMILES string of the molecule is COC(=O)[C@@H]1[C@@H](C(=O)OC)[P@@]2(=O)C[C@]1(C)C(C)=C2c1ccccc1. The maximum absolute atomic E-state index is 14.0. The minimum absolute atomic E-state index is 0.301. The molecule has 1 aromatic rings. The molecule has 2 heterocycles. The summed E-state index contributed by atoms with van der Waals surface area (Å²) in [7, 11) is -0.580. The number of fused-ring (bicyclic) bond motifs is 2. The van der Waals surface area contributed by atoms with Gasteiger partial charge in [0.2, 0.25) is 0 Å². The van der Waals surface area contributed by atoms with Crippen molar-refractivity contribution in [2.24, 2.45) is 11.3 Å². The van der Waals surface area contributed by atoms with Crippen LogP contribution in [0.15, 0.2) is 35.9 Å². The maximum Gasteiger partial charge on any atom is 0.317 e. The number of methoxy groups -OCH3 is 2. The summed E-state index contributed by atoms with van der Waals surface area (Å²) >= 11 is 0. The second kappa shape index (κ2) is 5.59. The lowest BCUT2D eigenvalue weighted by Gasteiger charge is -2.35. The van der Waals surface area contributed by atoms with Gasteiger partial charge in [0.1, 0.15) is 12.8 Å². The van der Waals surface area contributed by atoms with Gasteiger partial charge in [-0.05, 0) is 12.5 Å². The van der Waals surface area contributed by atoms with E-state index in [-0.39, 0.29) is 0 Å². The molecular weight excluding hydrogens is 327 g/mol. The summed E-state index contributed by atoms with van der Waals surface area (Å²) in [6.07, 6.45) is 0.301. The van der Waals surface area contributed by atoms with Crippen molar-refractivity contribution in [3.8, 4) is 0 Å². The van der Waals surface area contributed by atoms with Crippen LogP contribution in [0, 0.1) is 11.3 Å². The molecule has 0 saturated carbocycles. The van der Waals surface area contributed by atoms with Crippen LogP contribution in [0.2, 0.25) is 0 Å². The van der Waals surface area contributed by atoms with Crippen LogP contribution in [-0.4, -0.2) is 38.0 Å². The van der Waals surface area contributed by atoms with E-state index in [0.29, 0.717) is 6.16 Å². The average molecular weight is 348 g/mol. The van der Waals surface area contributed by atoms with Gasteiger partial charge in [-0.25, -0.2) is 0 Å². The Labute approximate surface area is 141 Å². The number of benzene rings is 1. The smallest absolute Gasteiger partial charge is 0.317 e. The van der Waals surface area contributed by atoms with Crippen molar-refractivity contribution in [2.75, 3.05) is 20.4 Å². The molecule has 2 bridgehead atoms. The summed E-state index contributed by atoms with van der Waals surface area (Å²) < 4.78 is 23.8. The highest BCUT2D eigenvalue weighted by atomic mass is 31.2. The minimum atomic E-state index is -3.13. The van der Waals surface area contributed by atoms with Crippen molar-refractivity contribution in [1.82, 2.24) is 0 Å². The van der Waals surface area contributed by atoms with Gasteiger partial charge in [-0.15, -0.1) is 0 Å². The van der Waals surface area contributed by atoms with Crippen molar-refractivity contribution in [3.63, 3.8) is 0 Å². The molecule has 0 unspecified atom stereocenters. The van der Waals surface area contributed by atoms with Gasteiger partial charge < -0.3 is 14.0 Å². The molecule has 2 aliphatic heterocycles. The predicted molar refractivity (Wildman–Crippen MR) is 90.9 cm³/mol. The van der Waals surface area contributed by atoms with Crippen LogP contribution in [0.4, 0.5) is 0 Å². The third-order valence-corrected chi connectivity index (χ3v) is 9.44. The van der Waals surface area contributed by atoms with Gasteiger partial charge in [0.25, 0.3) is 0 Å². The molecule has 0 N–H and O–H groups in total. The van der Waals surface area contributed by atoms with E-state index in [1.807, 2.05) is 44.2 Å². The van der Waals surface area contributed by atoms with Crippen molar-refractivity contribution in [3.05, 3.63) is 41.5 Å². The zero-order chi connectivity index (χ0) is 17.7. The lowest BCUT2D eigenvalue weighted by molar-refractivity contribution is -0.154. The molecule has 1 aromatic carbocycles. The Bertz CT molecular complexity index is 782. The molecule has 4 atom stereocenters. The van der Waals surface area contributed by atoms with E-state index in [1.165, 1.54) is 14.2 Å². The van der Waals surface area contributed by atoms with Gasteiger partial charge in [0.15, 0.2) is 0 Å². The minimum Gasteiger partial charge on any atom is -0.469 e. The van der Waals surface area contributed by atoms with Crippen LogP contribution in [0.3, 0.4) is 0 Å². The summed E-state index contributed by atoms with van der Waals surface area (Å²) in [4.78, 5) is 24.8. The van der Waals surface area contributed by atoms with Crippen molar-refractivity contribution in [2.45, 2.75) is 19.5 Å². The van der Waals surface area contributed by atoms with E-state index in [2.05, 4.69) is 0 Å². The maximum atomic E-state index is 14.0. The van der Waals surface area contributed by atoms with E-state index >= 15 is 0 Å². The number of allylic oxidation sites excluding steroid dienone is 1. The fraction of sp³-hybridized carbons (Fsp3) is 0.444. The molecular formula is C18H21O5P. The lowest BCUT2D eigenvalue weighted by Crippen LogP contribution is -2.42. The molecule has 1 saturated heterocycles. The molecule has 3 rings (SSSR count). The van der Waals surface area contributed by atoms with Crippen molar-refractivity contribution >= 4 is 24.4 Å². The fourth-order valence-electron chi connectivity index (χ4n) is 4.37. The first-order chi connectivity index (χ1) is 11.3. The highest BCUT2D eigenvalue weighted by molar-refractivity contribution is 7.76. The first kappa shape index (κ1) is 17.0. The van der Waals surface area contributed by atoms with Gasteiger partial charge in [-0.3, -0.25) is 9.59 Å². The zero-order valence-corrected chi connectivity index (χ0v) is 15.1. The van der Waals surface area contributed by atoms with Crippen LogP contribution < -0.4 is 0 Å². The third kappa shape index (κ3) is 2.04. The topological polar surface area (TPSA) is 69.7 Å². The normalized spacial score (nSPS) is 34.3. The fourth-order valence-corrected chi connectivity index (χ4v) is 9.20. The standard InChI is InChI=1S/C18H21O5P/c1-11-14(12-8-6-5-7-9-12)24(21)10-18(11,2)13(16(19)22-3)15(24)17(20)23-4/h5-9,13,15H,10H2,1-4H3/t13-,15-,18+,24+/m0/s1. The molecule has 1 fully saturated rings. The molecule has 24 heavy (non-hydrogen) atoms. The summed E-state index contributed by atoms with van der Waals surface area (Å²) in [5.41, 5.74) is 0.123. The highest BCUT2D eigenvalue weighted by Crippen LogP contribution is 2.81. The van der Waals surface area contributed by atoms with E-state index in [4.69, 9.17) is 9.47 Å². The van der Waals surface area contributed by atoms with Crippen LogP contribution in [0.1, 0.15) is 19.4 Å². The van der Waals surface area contributed by atoms with E-state index in [9.17, 15) is 14.2 Å². The zero-order valence-electron chi connectivity index (χ0n) is 14.2. The second-order valence-electron chi connectivity index (χ2n) is 6.68. The van der Waals surface area contributed by atoms with Gasteiger partial charge in [0, 0.05) is 16.9 Å². The van der Waals surface area contributed by atoms with Crippen molar-refractivity contribution in [1.29, 1.82) is 0 Å². The Morgan fingerprint density at radius 3 is 2.25 bits per heavy atom. The monoisotopic (exact) mass is 348 g/mol. The number of hydrogen-bond donors (Lipinski definition) is 0. The van der Waals surface area contributed by atoms with Crippen LogP contribution >= 0.6 is 7.14 Å². The molecule has 0 spiro atoms. The molecule has 0 amide bonds. The summed E-state index contributed by atoms with van der Waals surface area (Å²) in [6, 6.07) is 9.43. The van der Waals surface area contributed by atoms with E-state index in [0.717, 1.165) is 16.5 Å². The van der Waals surface area contributed by atoms with Crippen LogP contribution in [-0.2, 0) is 23.6 Å². The van der Waals surface area contributed by atoms with Gasteiger partial charge >= 0.3 is 11.9 Å². The van der Waals surface area contributed by atoms with Crippen LogP contribution in [0.5, 0.6) is 0 Å². The first-order valence-electron chi connectivity index (χ1n) is 7.83. The second-order valence-corrected chi connectivity index (χ2v) is 9.59. The quantitative estimate of drug-likeness (QED) is 0.620. The third-order valence-electron chi connectivity index (χ3n) is 5.55. The molecule has 0 aliphatic carbocycles. The summed E-state index contributed by atoms with van der Waals surface area (Å²) in [6.45, 7) is 3.81. The predicted octanol–water partition coefficient (Wildman–Crippen LogP) is 3.15. The summed E-state index contributed by atoms with van der Waals surface area (Å²) in [5, 5.41) is 0.723. The lowest BCUT2D eigenvalue weighted by atomic mass is 9.71. The van der Waals surface area contributed by atoms with Gasteiger partial charge in [-0.2, -0.15) is 0 Å². The Hall–Kier alpha value is -1.87. The number of esters is 2. The molecule has 0 aromatic heterocycles. The molecule has 6 heteroatoms. The number of carbonyl (C=O) groups is 2. The molecule has 128 valence electrons. The largest absolute Gasteiger partial charge is 0.469 e. The first-order valence-corrected chi connectivity index (χ1v) is 9.79. The number of rotatable bonds is 3. The van der Waals surface area contributed by atoms with E-state index in [1.54, 1.807) is 0 Å². The average Bonchev–Trinajstić information content (AvgIpc) is 2.94. The summed E-state index contributed by atoms with van der Waals surface area (Å²) in [5.74, 6) is -1.87. The number of ether oxygens (including phenoxy) is 2. The molecule has 0 radical (unpaired) electrons. The van der Waals surface area contributed by atoms with Gasteiger partial charge in [-0.1, -0.05) is 42.8 Å².